The lowest BCUT2D eigenvalue weighted by Gasteiger charge is -2.42. The van der Waals surface area contributed by atoms with E-state index in [9.17, 15) is 4.79 Å². The van der Waals surface area contributed by atoms with Crippen molar-refractivity contribution in [1.82, 2.24) is 19.6 Å². The lowest BCUT2D eigenvalue weighted by Crippen LogP contribution is -2.47. The average Bonchev–Trinajstić information content (AvgIpc) is 3.10. The van der Waals surface area contributed by atoms with Crippen LogP contribution in [0.3, 0.4) is 0 Å². The fourth-order valence-electron chi connectivity index (χ4n) is 4.59. The highest BCUT2D eigenvalue weighted by molar-refractivity contribution is 5.76. The minimum absolute atomic E-state index is 0.291. The van der Waals surface area contributed by atoms with Crippen molar-refractivity contribution >= 4 is 5.91 Å². The summed E-state index contributed by atoms with van der Waals surface area (Å²) in [5, 5.41) is 4.28. The third-order valence-corrected chi connectivity index (χ3v) is 5.70. The van der Waals surface area contributed by atoms with E-state index in [1.807, 2.05) is 17.7 Å². The molecular weight excluding hydrogens is 312 g/mol. The van der Waals surface area contributed by atoms with Gasteiger partial charge in [0.15, 0.2) is 0 Å². The van der Waals surface area contributed by atoms with Crippen LogP contribution in [0, 0.1) is 17.8 Å². The Hall–Kier alpha value is -1.36. The van der Waals surface area contributed by atoms with Crippen LogP contribution in [0.25, 0.3) is 0 Å². The molecule has 2 fully saturated rings. The maximum atomic E-state index is 12.7. The third-order valence-electron chi connectivity index (χ3n) is 5.70. The molecule has 1 atom stereocenters. The number of piperidine rings is 1. The van der Waals surface area contributed by atoms with E-state index in [2.05, 4.69) is 35.7 Å². The summed E-state index contributed by atoms with van der Waals surface area (Å²) < 4.78 is 1.93. The summed E-state index contributed by atoms with van der Waals surface area (Å²) >= 11 is 0. The fourth-order valence-corrected chi connectivity index (χ4v) is 4.59. The molecule has 25 heavy (non-hydrogen) atoms. The molecule has 0 N–H and O–H groups in total. The molecule has 2 saturated heterocycles. The van der Waals surface area contributed by atoms with E-state index >= 15 is 0 Å². The molecule has 2 aliphatic heterocycles. The molecule has 0 radical (unpaired) electrons. The molecule has 2 aliphatic rings. The second-order valence-electron chi connectivity index (χ2n) is 9.39. The predicted octanol–water partition coefficient (Wildman–Crippen LogP) is 2.94. The van der Waals surface area contributed by atoms with Gasteiger partial charge in [0, 0.05) is 56.5 Å². The Morgan fingerprint density at radius 2 is 2.04 bits per heavy atom. The van der Waals surface area contributed by atoms with Crippen molar-refractivity contribution in [3.63, 3.8) is 0 Å². The van der Waals surface area contributed by atoms with Crippen LogP contribution < -0.4 is 0 Å². The van der Waals surface area contributed by atoms with Gasteiger partial charge in [-0.1, -0.05) is 20.8 Å². The Morgan fingerprint density at radius 3 is 2.72 bits per heavy atom. The van der Waals surface area contributed by atoms with Crippen LogP contribution in [0.4, 0.5) is 0 Å². The van der Waals surface area contributed by atoms with Crippen LogP contribution in [-0.2, 0) is 11.3 Å². The number of amides is 1. The number of carbonyl (C=O) groups excluding carboxylic acids is 1. The molecule has 0 aromatic carbocycles. The van der Waals surface area contributed by atoms with Gasteiger partial charge in [-0.3, -0.25) is 9.48 Å². The molecule has 0 aliphatic carbocycles. The van der Waals surface area contributed by atoms with Crippen molar-refractivity contribution in [1.29, 1.82) is 0 Å². The molecule has 1 aromatic rings. The second-order valence-corrected chi connectivity index (χ2v) is 9.39. The minimum atomic E-state index is 0.291. The molecule has 140 valence electrons. The largest absolute Gasteiger partial charge is 0.342 e. The maximum absolute atomic E-state index is 12.7. The lowest BCUT2D eigenvalue weighted by molar-refractivity contribution is -0.131. The van der Waals surface area contributed by atoms with Crippen LogP contribution in [0.15, 0.2) is 12.3 Å². The third kappa shape index (κ3) is 4.63. The monoisotopic (exact) mass is 346 g/mol. The quantitative estimate of drug-likeness (QED) is 0.842. The molecule has 3 heterocycles. The molecule has 1 aromatic heterocycles. The first-order valence-electron chi connectivity index (χ1n) is 9.75. The summed E-state index contributed by atoms with van der Waals surface area (Å²) in [5.41, 5.74) is 1.80. The molecule has 1 amide bonds. The van der Waals surface area contributed by atoms with Crippen LogP contribution in [0.1, 0.15) is 52.1 Å². The Labute approximate surface area is 152 Å². The number of aryl methyl sites for hydroxylation is 2. The zero-order valence-corrected chi connectivity index (χ0v) is 16.4. The Balaban J connectivity index is 1.53. The van der Waals surface area contributed by atoms with Gasteiger partial charge in [-0.05, 0) is 44.2 Å². The van der Waals surface area contributed by atoms with Gasteiger partial charge < -0.3 is 9.80 Å². The first kappa shape index (κ1) is 18.4. The lowest BCUT2D eigenvalue weighted by atomic mass is 9.78. The van der Waals surface area contributed by atoms with Crippen molar-refractivity contribution in [2.45, 2.75) is 59.9 Å². The Bertz CT molecular complexity index is 603. The highest BCUT2D eigenvalue weighted by atomic mass is 16.2. The molecular formula is C20H34N4O. The van der Waals surface area contributed by atoms with E-state index < -0.39 is 0 Å². The molecule has 5 heteroatoms. The predicted molar refractivity (Wildman–Crippen MR) is 100 cm³/mol. The van der Waals surface area contributed by atoms with E-state index in [-0.39, 0.29) is 0 Å². The van der Waals surface area contributed by atoms with Crippen molar-refractivity contribution in [3.8, 4) is 0 Å². The Morgan fingerprint density at radius 1 is 1.24 bits per heavy atom. The van der Waals surface area contributed by atoms with E-state index in [0.29, 0.717) is 29.7 Å². The number of carbonyl (C=O) groups is 1. The van der Waals surface area contributed by atoms with E-state index in [1.54, 1.807) is 6.20 Å². The van der Waals surface area contributed by atoms with Gasteiger partial charge in [0.25, 0.3) is 0 Å². The van der Waals surface area contributed by atoms with Gasteiger partial charge in [0.2, 0.25) is 5.91 Å². The van der Waals surface area contributed by atoms with Crippen molar-refractivity contribution < 1.29 is 4.79 Å². The fraction of sp³-hybridized carbons (Fsp3) is 0.800. The first-order chi connectivity index (χ1) is 11.8. The molecule has 5 nitrogen and oxygen atoms in total. The van der Waals surface area contributed by atoms with E-state index in [1.165, 1.54) is 25.8 Å². The van der Waals surface area contributed by atoms with Gasteiger partial charge in [0.05, 0.1) is 0 Å². The standard InChI is InChI=1S/C20H34N4O/c1-17-6-10-21-24(17)12-7-18(25)23-13-9-20(16-23)8-5-11-22(15-20)14-19(2,3)4/h6,10H,5,7-9,11-16H2,1-4H3. The number of hydrogen-bond donors (Lipinski definition) is 0. The van der Waals surface area contributed by atoms with Gasteiger partial charge in [0.1, 0.15) is 0 Å². The summed E-state index contributed by atoms with van der Waals surface area (Å²) in [6.45, 7) is 15.1. The number of likely N-dealkylation sites (tertiary alicyclic amines) is 2. The average molecular weight is 347 g/mol. The number of nitrogens with zero attached hydrogens (tertiary/aromatic N) is 4. The van der Waals surface area contributed by atoms with Gasteiger partial charge in [-0.15, -0.1) is 0 Å². The zero-order valence-electron chi connectivity index (χ0n) is 16.4. The van der Waals surface area contributed by atoms with E-state index in [0.717, 1.165) is 31.9 Å². The summed E-state index contributed by atoms with van der Waals surface area (Å²) in [4.78, 5) is 17.4. The van der Waals surface area contributed by atoms with Gasteiger partial charge in [-0.2, -0.15) is 5.10 Å². The normalized spacial score (nSPS) is 25.0. The van der Waals surface area contributed by atoms with Gasteiger partial charge >= 0.3 is 0 Å². The number of aromatic nitrogens is 2. The van der Waals surface area contributed by atoms with Crippen molar-refractivity contribution in [3.05, 3.63) is 18.0 Å². The SMILES string of the molecule is Cc1ccnn1CCC(=O)N1CCC2(CCCN(CC(C)(C)C)C2)C1. The highest BCUT2D eigenvalue weighted by Crippen LogP contribution is 2.39. The molecule has 1 unspecified atom stereocenters. The molecule has 1 spiro atoms. The van der Waals surface area contributed by atoms with Crippen molar-refractivity contribution in [2.75, 3.05) is 32.7 Å². The maximum Gasteiger partial charge on any atom is 0.224 e. The summed E-state index contributed by atoms with van der Waals surface area (Å²) in [6, 6.07) is 1.99. The minimum Gasteiger partial charge on any atom is -0.342 e. The number of hydrogen-bond acceptors (Lipinski definition) is 3. The van der Waals surface area contributed by atoms with Crippen molar-refractivity contribution in [2.24, 2.45) is 10.8 Å². The topological polar surface area (TPSA) is 41.4 Å². The molecule has 0 bridgehead atoms. The van der Waals surface area contributed by atoms with Gasteiger partial charge in [-0.25, -0.2) is 0 Å². The van der Waals surface area contributed by atoms with Crippen LogP contribution in [0.2, 0.25) is 0 Å². The number of rotatable bonds is 4. The summed E-state index contributed by atoms with van der Waals surface area (Å²) in [6.07, 6.45) is 6.07. The Kier molecular flexibility index (Phi) is 5.24. The van der Waals surface area contributed by atoms with Crippen LogP contribution >= 0.6 is 0 Å². The highest BCUT2D eigenvalue weighted by Gasteiger charge is 2.42. The molecule has 3 rings (SSSR count). The zero-order chi connectivity index (χ0) is 18.1. The summed E-state index contributed by atoms with van der Waals surface area (Å²) in [7, 11) is 0. The van der Waals surface area contributed by atoms with Crippen LogP contribution in [-0.4, -0.2) is 58.2 Å². The smallest absolute Gasteiger partial charge is 0.224 e. The summed E-state index contributed by atoms with van der Waals surface area (Å²) in [5.74, 6) is 0.291. The first-order valence-corrected chi connectivity index (χ1v) is 9.75. The van der Waals surface area contributed by atoms with E-state index in [4.69, 9.17) is 0 Å². The molecule has 0 saturated carbocycles. The second kappa shape index (κ2) is 7.10. The van der Waals surface area contributed by atoms with Crippen LogP contribution in [0.5, 0.6) is 0 Å².